The van der Waals surface area contributed by atoms with E-state index in [4.69, 9.17) is 0 Å². The highest BCUT2D eigenvalue weighted by atomic mass is 32.1. The number of nitro groups is 1. The molecule has 1 aromatic heterocycles. The van der Waals surface area contributed by atoms with E-state index < -0.39 is 4.92 Å². The van der Waals surface area contributed by atoms with Crippen molar-refractivity contribution in [3.8, 4) is 10.6 Å². The van der Waals surface area contributed by atoms with Crippen LogP contribution in [-0.4, -0.2) is 21.7 Å². The molecule has 2 aromatic rings. The second-order valence-electron chi connectivity index (χ2n) is 4.03. The van der Waals surface area contributed by atoms with Gasteiger partial charge >= 0.3 is 0 Å². The minimum Gasteiger partial charge on any atom is -0.308 e. The molecule has 0 aliphatic heterocycles. The van der Waals surface area contributed by atoms with Gasteiger partial charge < -0.3 is 5.32 Å². The number of non-ortho nitro benzene ring substituents is 1. The molecule has 1 atom stereocenters. The minimum absolute atomic E-state index is 0.0782. The van der Waals surface area contributed by atoms with E-state index in [2.05, 4.69) is 15.5 Å². The first-order valence-corrected chi connectivity index (χ1v) is 6.75. The van der Waals surface area contributed by atoms with Crippen molar-refractivity contribution in [2.24, 2.45) is 0 Å². The SMILES string of the molecule is CCNC(C)c1nnc(-c2ccc([N+](=O)[O-])cc2)s1. The van der Waals surface area contributed by atoms with E-state index in [9.17, 15) is 10.1 Å². The van der Waals surface area contributed by atoms with Gasteiger partial charge in [-0.25, -0.2) is 0 Å². The zero-order valence-corrected chi connectivity index (χ0v) is 11.5. The van der Waals surface area contributed by atoms with Crippen molar-refractivity contribution in [2.75, 3.05) is 6.54 Å². The summed E-state index contributed by atoms with van der Waals surface area (Å²) in [5, 5.41) is 23.8. The smallest absolute Gasteiger partial charge is 0.269 e. The lowest BCUT2D eigenvalue weighted by molar-refractivity contribution is -0.384. The molecule has 0 bridgehead atoms. The fourth-order valence-electron chi connectivity index (χ4n) is 1.65. The predicted molar refractivity (Wildman–Crippen MR) is 74.1 cm³/mol. The molecule has 0 aliphatic rings. The fraction of sp³-hybridized carbons (Fsp3) is 0.333. The Morgan fingerprint density at radius 2 is 2.05 bits per heavy atom. The Balaban J connectivity index is 2.20. The van der Waals surface area contributed by atoms with Crippen LogP contribution in [0.15, 0.2) is 24.3 Å². The highest BCUT2D eigenvalue weighted by Crippen LogP contribution is 2.27. The van der Waals surface area contributed by atoms with Gasteiger partial charge in [0.1, 0.15) is 10.0 Å². The molecule has 0 aliphatic carbocycles. The summed E-state index contributed by atoms with van der Waals surface area (Å²) in [4.78, 5) is 10.2. The second kappa shape index (κ2) is 5.85. The number of rotatable bonds is 5. The van der Waals surface area contributed by atoms with Crippen LogP contribution in [0, 0.1) is 10.1 Å². The summed E-state index contributed by atoms with van der Waals surface area (Å²) in [5.74, 6) is 0. The van der Waals surface area contributed by atoms with E-state index >= 15 is 0 Å². The molecule has 1 N–H and O–H groups in total. The molecular formula is C12H14N4O2S. The molecule has 7 heteroatoms. The van der Waals surface area contributed by atoms with E-state index in [0.717, 1.165) is 22.1 Å². The van der Waals surface area contributed by atoms with Gasteiger partial charge in [0, 0.05) is 17.7 Å². The maximum absolute atomic E-state index is 10.6. The zero-order valence-electron chi connectivity index (χ0n) is 10.7. The number of benzene rings is 1. The molecule has 0 radical (unpaired) electrons. The Bertz CT molecular complexity index is 567. The van der Waals surface area contributed by atoms with Gasteiger partial charge in [-0.1, -0.05) is 18.3 Å². The van der Waals surface area contributed by atoms with E-state index in [1.165, 1.54) is 23.5 Å². The molecule has 0 saturated heterocycles. The maximum atomic E-state index is 10.6. The quantitative estimate of drug-likeness (QED) is 0.672. The van der Waals surface area contributed by atoms with Crippen molar-refractivity contribution in [1.29, 1.82) is 0 Å². The Morgan fingerprint density at radius 1 is 1.37 bits per heavy atom. The fourth-order valence-corrected chi connectivity index (χ4v) is 2.52. The van der Waals surface area contributed by atoms with Gasteiger partial charge in [-0.3, -0.25) is 10.1 Å². The molecule has 0 fully saturated rings. The van der Waals surface area contributed by atoms with Crippen molar-refractivity contribution < 1.29 is 4.92 Å². The average molecular weight is 278 g/mol. The van der Waals surface area contributed by atoms with Gasteiger partial charge in [0.2, 0.25) is 0 Å². The van der Waals surface area contributed by atoms with Gasteiger partial charge in [0.15, 0.2) is 0 Å². The summed E-state index contributed by atoms with van der Waals surface area (Å²) < 4.78 is 0. The standard InChI is InChI=1S/C12H14N4O2S/c1-3-13-8(2)11-14-15-12(19-11)9-4-6-10(7-5-9)16(17)18/h4-8,13H,3H2,1-2H3. The third kappa shape index (κ3) is 3.12. The summed E-state index contributed by atoms with van der Waals surface area (Å²) in [5.41, 5.74) is 0.924. The van der Waals surface area contributed by atoms with Crippen molar-refractivity contribution in [3.63, 3.8) is 0 Å². The van der Waals surface area contributed by atoms with Crippen molar-refractivity contribution >= 4 is 17.0 Å². The van der Waals surface area contributed by atoms with Crippen molar-refractivity contribution in [1.82, 2.24) is 15.5 Å². The van der Waals surface area contributed by atoms with E-state index in [-0.39, 0.29) is 11.7 Å². The summed E-state index contributed by atoms with van der Waals surface area (Å²) in [6, 6.07) is 6.50. The van der Waals surface area contributed by atoms with Gasteiger partial charge in [0.05, 0.1) is 11.0 Å². The van der Waals surface area contributed by atoms with Crippen LogP contribution in [0.25, 0.3) is 10.6 Å². The Morgan fingerprint density at radius 3 is 2.63 bits per heavy atom. The van der Waals surface area contributed by atoms with Gasteiger partial charge in [-0.05, 0) is 25.6 Å². The van der Waals surface area contributed by atoms with Crippen LogP contribution in [0.2, 0.25) is 0 Å². The molecule has 1 heterocycles. The van der Waals surface area contributed by atoms with Crippen LogP contribution in [0.4, 0.5) is 5.69 Å². The lowest BCUT2D eigenvalue weighted by atomic mass is 10.2. The highest BCUT2D eigenvalue weighted by Gasteiger charge is 2.13. The molecule has 6 nitrogen and oxygen atoms in total. The molecule has 0 amide bonds. The van der Waals surface area contributed by atoms with Crippen molar-refractivity contribution in [3.05, 3.63) is 39.4 Å². The average Bonchev–Trinajstić information content (AvgIpc) is 2.89. The zero-order chi connectivity index (χ0) is 13.8. The number of nitrogens with zero attached hydrogens (tertiary/aromatic N) is 3. The number of hydrogen-bond donors (Lipinski definition) is 1. The van der Waals surface area contributed by atoms with E-state index in [1.54, 1.807) is 12.1 Å². The molecular weight excluding hydrogens is 264 g/mol. The Labute approximate surface area is 114 Å². The molecule has 0 spiro atoms. The number of hydrogen-bond acceptors (Lipinski definition) is 6. The molecule has 2 rings (SSSR count). The topological polar surface area (TPSA) is 81.0 Å². The molecule has 0 saturated carbocycles. The first kappa shape index (κ1) is 13.6. The summed E-state index contributed by atoms with van der Waals surface area (Å²) >= 11 is 1.49. The third-order valence-electron chi connectivity index (χ3n) is 2.65. The van der Waals surface area contributed by atoms with Crippen LogP contribution in [0.1, 0.15) is 24.9 Å². The molecule has 19 heavy (non-hydrogen) atoms. The number of nitro benzene ring substituents is 1. The van der Waals surface area contributed by atoms with Gasteiger partial charge in [0.25, 0.3) is 5.69 Å². The summed E-state index contributed by atoms with van der Waals surface area (Å²) in [6.45, 7) is 4.94. The molecule has 100 valence electrons. The van der Waals surface area contributed by atoms with Crippen LogP contribution >= 0.6 is 11.3 Å². The summed E-state index contributed by atoms with van der Waals surface area (Å²) in [6.07, 6.45) is 0. The summed E-state index contributed by atoms with van der Waals surface area (Å²) in [7, 11) is 0. The Kier molecular flexibility index (Phi) is 4.18. The van der Waals surface area contributed by atoms with Crippen LogP contribution in [0.3, 0.4) is 0 Å². The van der Waals surface area contributed by atoms with E-state index in [1.807, 2.05) is 13.8 Å². The lowest BCUT2D eigenvalue weighted by Gasteiger charge is -2.06. The Hall–Kier alpha value is -1.86. The van der Waals surface area contributed by atoms with Crippen LogP contribution in [0.5, 0.6) is 0 Å². The predicted octanol–water partition coefficient (Wildman–Crippen LogP) is 2.78. The monoisotopic (exact) mass is 278 g/mol. The molecule has 1 unspecified atom stereocenters. The largest absolute Gasteiger partial charge is 0.308 e. The van der Waals surface area contributed by atoms with Crippen molar-refractivity contribution in [2.45, 2.75) is 19.9 Å². The normalized spacial score (nSPS) is 12.3. The van der Waals surface area contributed by atoms with Gasteiger partial charge in [-0.2, -0.15) is 0 Å². The minimum atomic E-state index is -0.414. The second-order valence-corrected chi connectivity index (χ2v) is 5.04. The van der Waals surface area contributed by atoms with Crippen LogP contribution < -0.4 is 5.32 Å². The number of nitrogens with one attached hydrogen (secondary N) is 1. The lowest BCUT2D eigenvalue weighted by Crippen LogP contribution is -2.17. The third-order valence-corrected chi connectivity index (χ3v) is 3.80. The first-order valence-electron chi connectivity index (χ1n) is 5.93. The van der Waals surface area contributed by atoms with Crippen LogP contribution in [-0.2, 0) is 0 Å². The van der Waals surface area contributed by atoms with E-state index in [0.29, 0.717) is 0 Å². The molecule has 1 aromatic carbocycles. The first-order chi connectivity index (χ1) is 9.11. The van der Waals surface area contributed by atoms with Gasteiger partial charge in [-0.15, -0.1) is 10.2 Å². The number of aromatic nitrogens is 2. The highest BCUT2D eigenvalue weighted by molar-refractivity contribution is 7.14. The maximum Gasteiger partial charge on any atom is 0.269 e.